The largest absolute Gasteiger partial charge is 0.444 e. The Morgan fingerprint density at radius 1 is 1.16 bits per heavy atom. The van der Waals surface area contributed by atoms with Crippen LogP contribution in [0.3, 0.4) is 0 Å². The number of benzene rings is 1. The van der Waals surface area contributed by atoms with Crippen LogP contribution in [0.1, 0.15) is 27.7 Å². The smallest absolute Gasteiger partial charge is 0.407 e. The summed E-state index contributed by atoms with van der Waals surface area (Å²) in [6.07, 6.45) is 3.18. The van der Waals surface area contributed by atoms with Gasteiger partial charge in [0, 0.05) is 37.0 Å². The molecule has 0 aliphatic carbocycles. The molecule has 0 saturated heterocycles. The molecule has 0 radical (unpaired) electrons. The Bertz CT molecular complexity index is 1050. The molecule has 164 valence electrons. The van der Waals surface area contributed by atoms with Crippen molar-refractivity contribution in [2.24, 2.45) is 13.0 Å². The third-order valence-electron chi connectivity index (χ3n) is 4.37. The summed E-state index contributed by atoms with van der Waals surface area (Å²) >= 11 is 0. The number of amides is 2. The quantitative estimate of drug-likeness (QED) is 0.621. The summed E-state index contributed by atoms with van der Waals surface area (Å²) in [6, 6.07) is 9.47. The van der Waals surface area contributed by atoms with E-state index in [1.165, 1.54) is 0 Å². The number of nitrogens with zero attached hydrogens (tertiary/aromatic N) is 3. The molecule has 9 nitrogen and oxygen atoms in total. The summed E-state index contributed by atoms with van der Waals surface area (Å²) in [5.41, 5.74) is 2.93. The molecule has 0 fully saturated rings. The predicted octanol–water partition coefficient (Wildman–Crippen LogP) is 3.84. The number of hydrogen-bond acceptors (Lipinski definition) is 6. The van der Waals surface area contributed by atoms with E-state index in [0.29, 0.717) is 5.69 Å². The molecule has 2 amide bonds. The monoisotopic (exact) mass is 425 g/mol. The molecule has 2 heterocycles. The van der Waals surface area contributed by atoms with Crippen LogP contribution in [-0.4, -0.2) is 39.1 Å². The van der Waals surface area contributed by atoms with Gasteiger partial charge in [-0.2, -0.15) is 5.10 Å². The van der Waals surface area contributed by atoms with E-state index in [2.05, 4.69) is 20.9 Å². The van der Waals surface area contributed by atoms with E-state index < -0.39 is 17.6 Å². The second kappa shape index (κ2) is 9.03. The fraction of sp³-hybridized carbons (Fsp3) is 0.364. The number of carbonyl (C=O) groups excluding carboxylic acids is 2. The number of anilines is 1. The first-order chi connectivity index (χ1) is 14.6. The molecule has 1 aromatic carbocycles. The first-order valence-corrected chi connectivity index (χ1v) is 9.94. The van der Waals surface area contributed by atoms with Crippen LogP contribution in [0.2, 0.25) is 0 Å². The van der Waals surface area contributed by atoms with E-state index in [1.807, 2.05) is 37.5 Å². The van der Waals surface area contributed by atoms with E-state index in [0.717, 1.165) is 16.7 Å². The van der Waals surface area contributed by atoms with E-state index in [1.54, 1.807) is 44.6 Å². The molecule has 0 unspecified atom stereocenters. The van der Waals surface area contributed by atoms with E-state index in [4.69, 9.17) is 9.26 Å². The highest BCUT2D eigenvalue weighted by Crippen LogP contribution is 2.25. The SMILES string of the molecule is C[C@@H](CNC(=O)OC(C)(C)C)C(=O)Nc1cc(-c2ccc(-c3cnn(C)c3)cc2)no1. The minimum Gasteiger partial charge on any atom is -0.444 e. The zero-order valence-electron chi connectivity index (χ0n) is 18.3. The van der Waals surface area contributed by atoms with Crippen LogP contribution in [0.25, 0.3) is 22.4 Å². The maximum absolute atomic E-state index is 12.4. The van der Waals surface area contributed by atoms with Crippen molar-refractivity contribution in [2.45, 2.75) is 33.3 Å². The Morgan fingerprint density at radius 2 is 1.84 bits per heavy atom. The first-order valence-electron chi connectivity index (χ1n) is 9.94. The number of aromatic nitrogens is 3. The summed E-state index contributed by atoms with van der Waals surface area (Å²) in [5.74, 6) is -0.550. The van der Waals surface area contributed by atoms with Gasteiger partial charge >= 0.3 is 6.09 Å². The Kier molecular flexibility index (Phi) is 6.43. The van der Waals surface area contributed by atoms with E-state index in [9.17, 15) is 9.59 Å². The van der Waals surface area contributed by atoms with Gasteiger partial charge in [0.05, 0.1) is 12.1 Å². The second-order valence-electron chi connectivity index (χ2n) is 8.33. The highest BCUT2D eigenvalue weighted by molar-refractivity contribution is 5.92. The van der Waals surface area contributed by atoms with Gasteiger partial charge in [-0.25, -0.2) is 4.79 Å². The topological polar surface area (TPSA) is 111 Å². The maximum atomic E-state index is 12.4. The average Bonchev–Trinajstić information content (AvgIpc) is 3.34. The van der Waals surface area contributed by atoms with Gasteiger partial charge in [0.1, 0.15) is 11.3 Å². The zero-order chi connectivity index (χ0) is 22.6. The molecule has 0 aliphatic heterocycles. The first kappa shape index (κ1) is 22.1. The van der Waals surface area contributed by atoms with Crippen LogP contribution in [0.15, 0.2) is 47.2 Å². The van der Waals surface area contributed by atoms with Crippen molar-refractivity contribution in [2.75, 3.05) is 11.9 Å². The van der Waals surface area contributed by atoms with Crippen molar-refractivity contribution in [1.82, 2.24) is 20.3 Å². The minimum absolute atomic E-state index is 0.136. The minimum atomic E-state index is -0.595. The highest BCUT2D eigenvalue weighted by Gasteiger charge is 2.20. The lowest BCUT2D eigenvalue weighted by Crippen LogP contribution is -2.37. The lowest BCUT2D eigenvalue weighted by molar-refractivity contribution is -0.119. The number of rotatable bonds is 6. The van der Waals surface area contributed by atoms with Crippen molar-refractivity contribution in [3.05, 3.63) is 42.7 Å². The fourth-order valence-corrected chi connectivity index (χ4v) is 2.76. The summed E-state index contributed by atoms with van der Waals surface area (Å²) in [5, 5.41) is 13.5. The number of alkyl carbamates (subject to hydrolysis) is 1. The van der Waals surface area contributed by atoms with Gasteiger partial charge in [0.15, 0.2) is 0 Å². The Hall–Kier alpha value is -3.62. The molecular formula is C22H27N5O4. The number of aryl methyl sites for hydroxylation is 1. The van der Waals surface area contributed by atoms with Crippen molar-refractivity contribution in [1.29, 1.82) is 0 Å². The van der Waals surface area contributed by atoms with E-state index >= 15 is 0 Å². The normalized spacial score (nSPS) is 12.3. The molecular weight excluding hydrogens is 398 g/mol. The molecule has 3 rings (SSSR count). The predicted molar refractivity (Wildman–Crippen MR) is 116 cm³/mol. The highest BCUT2D eigenvalue weighted by atomic mass is 16.6. The molecule has 1 atom stereocenters. The van der Waals surface area contributed by atoms with Crippen molar-refractivity contribution < 1.29 is 18.8 Å². The molecule has 9 heteroatoms. The lowest BCUT2D eigenvalue weighted by Gasteiger charge is -2.20. The molecule has 31 heavy (non-hydrogen) atoms. The Morgan fingerprint density at radius 3 is 2.45 bits per heavy atom. The van der Waals surface area contributed by atoms with Gasteiger partial charge in [0.25, 0.3) is 0 Å². The summed E-state index contributed by atoms with van der Waals surface area (Å²) in [4.78, 5) is 24.1. The van der Waals surface area contributed by atoms with Crippen LogP contribution in [-0.2, 0) is 16.6 Å². The lowest BCUT2D eigenvalue weighted by atomic mass is 10.1. The van der Waals surface area contributed by atoms with Crippen LogP contribution in [0, 0.1) is 5.92 Å². The number of carbonyl (C=O) groups is 2. The van der Waals surface area contributed by atoms with Crippen LogP contribution in [0.5, 0.6) is 0 Å². The average molecular weight is 425 g/mol. The molecule has 2 aromatic heterocycles. The Balaban J connectivity index is 1.55. The van der Waals surface area contributed by atoms with Crippen LogP contribution in [0.4, 0.5) is 10.7 Å². The van der Waals surface area contributed by atoms with Crippen LogP contribution < -0.4 is 10.6 Å². The standard InChI is InChI=1S/C22H27N5O4/c1-14(11-23-21(29)30-22(2,3)4)20(28)25-19-10-18(26-31-19)16-8-6-15(7-9-16)17-12-24-27(5)13-17/h6-10,12-14H,11H2,1-5H3,(H,23,29)(H,25,28)/t14-/m0/s1. The number of ether oxygens (including phenoxy) is 1. The van der Waals surface area contributed by atoms with Gasteiger partial charge in [-0.05, 0) is 26.3 Å². The van der Waals surface area contributed by atoms with Crippen LogP contribution >= 0.6 is 0 Å². The molecule has 2 N–H and O–H groups in total. The summed E-state index contributed by atoms with van der Waals surface area (Å²) in [7, 11) is 1.87. The molecule has 0 spiro atoms. The summed E-state index contributed by atoms with van der Waals surface area (Å²) in [6.45, 7) is 7.16. The Labute approximate surface area is 180 Å². The molecule has 0 aliphatic rings. The van der Waals surface area contributed by atoms with Gasteiger partial charge in [-0.15, -0.1) is 0 Å². The van der Waals surface area contributed by atoms with Crippen molar-refractivity contribution in [3.63, 3.8) is 0 Å². The third kappa shape index (κ3) is 6.18. The molecule has 3 aromatic rings. The van der Waals surface area contributed by atoms with Gasteiger partial charge in [-0.1, -0.05) is 36.3 Å². The maximum Gasteiger partial charge on any atom is 0.407 e. The zero-order valence-corrected chi connectivity index (χ0v) is 18.3. The molecule has 0 saturated carbocycles. The number of nitrogens with one attached hydrogen (secondary N) is 2. The van der Waals surface area contributed by atoms with Gasteiger partial charge in [-0.3, -0.25) is 14.8 Å². The van der Waals surface area contributed by atoms with Crippen molar-refractivity contribution in [3.8, 4) is 22.4 Å². The van der Waals surface area contributed by atoms with Gasteiger partial charge < -0.3 is 14.6 Å². The fourth-order valence-electron chi connectivity index (χ4n) is 2.76. The van der Waals surface area contributed by atoms with E-state index in [-0.39, 0.29) is 18.3 Å². The molecule has 0 bridgehead atoms. The van der Waals surface area contributed by atoms with Gasteiger partial charge in [0.2, 0.25) is 11.8 Å². The second-order valence-corrected chi connectivity index (χ2v) is 8.33. The number of hydrogen-bond donors (Lipinski definition) is 2. The summed E-state index contributed by atoms with van der Waals surface area (Å²) < 4.78 is 12.2. The van der Waals surface area contributed by atoms with Crippen molar-refractivity contribution >= 4 is 17.9 Å². The third-order valence-corrected chi connectivity index (χ3v) is 4.37.